The molecule has 3 aromatic heterocycles. The second-order valence-corrected chi connectivity index (χ2v) is 13.5. The van der Waals surface area contributed by atoms with Gasteiger partial charge in [0, 0.05) is 32.7 Å². The largest absolute Gasteiger partial charge is 0.456 e. The quantitative estimate of drug-likeness (QED) is 0.224. The minimum atomic E-state index is 0.164. The lowest BCUT2D eigenvalue weighted by Crippen LogP contribution is -2.55. The van der Waals surface area contributed by atoms with Crippen LogP contribution in [0.2, 0.25) is 0 Å². The van der Waals surface area contributed by atoms with E-state index in [0.29, 0.717) is 23.2 Å². The van der Waals surface area contributed by atoms with Crippen LogP contribution in [0.3, 0.4) is 0 Å². The van der Waals surface area contributed by atoms with Crippen LogP contribution in [0.4, 0.5) is 0 Å². The summed E-state index contributed by atoms with van der Waals surface area (Å²) in [5.41, 5.74) is 9.49. The van der Waals surface area contributed by atoms with Crippen molar-refractivity contribution in [2.75, 3.05) is 0 Å². The molecule has 244 valence electrons. The molecule has 0 N–H and O–H groups in total. The van der Waals surface area contributed by atoms with E-state index < -0.39 is 0 Å². The van der Waals surface area contributed by atoms with Crippen LogP contribution in [0.5, 0.6) is 0 Å². The van der Waals surface area contributed by atoms with E-state index in [0.717, 1.165) is 71.6 Å². The van der Waals surface area contributed by atoms with E-state index in [1.807, 2.05) is 114 Å². The summed E-state index contributed by atoms with van der Waals surface area (Å²) in [5.74, 6) is 1.47. The zero-order valence-electron chi connectivity index (χ0n) is 29.4. The minimum absolute atomic E-state index is 0.164. The SMILES string of the molecule is [B]c1c([B])c([B])c(-c2cccc3c2c2ccccc2n3-c2nc(-c3ccccc3)nc(-c3ccc4oc5cccc(-c6ccccc6)c5c4c3)n2)c([B])c1[B]. The molecule has 10 aromatic rings. The Morgan fingerprint density at radius 2 is 1.02 bits per heavy atom. The molecule has 10 heteroatoms. The summed E-state index contributed by atoms with van der Waals surface area (Å²) < 4.78 is 8.41. The molecule has 10 rings (SSSR count). The Morgan fingerprint density at radius 1 is 0.418 bits per heavy atom. The number of nitrogens with zero attached hydrogens (tertiary/aromatic N) is 4. The van der Waals surface area contributed by atoms with Crippen LogP contribution in [-0.4, -0.2) is 58.8 Å². The van der Waals surface area contributed by atoms with Gasteiger partial charge in [-0.3, -0.25) is 4.57 Å². The molecule has 0 saturated heterocycles. The standard InChI is InChI=1S/C45H23B5N4O/c46-38-37(39(47)41(49)42(50)40(38)48)29-17-9-19-32-35(29)28-15-7-8-18-31(28)54(32)45-52-43(25-13-5-2-6-14-25)51-44(53-45)26-21-22-33-30(23-26)36-27(16-10-20-34(36)55-33)24-11-3-1-4-12-24/h1-23H. The lowest BCUT2D eigenvalue weighted by atomic mass is 9.59. The predicted octanol–water partition coefficient (Wildman–Crippen LogP) is 5.51. The molecule has 0 bridgehead atoms. The molecule has 0 aliphatic heterocycles. The first-order chi connectivity index (χ1) is 26.9. The normalized spacial score (nSPS) is 11.6. The van der Waals surface area contributed by atoms with Crippen LogP contribution >= 0.6 is 0 Å². The second kappa shape index (κ2) is 12.8. The lowest BCUT2D eigenvalue weighted by molar-refractivity contribution is 0.669. The summed E-state index contributed by atoms with van der Waals surface area (Å²) >= 11 is 0. The van der Waals surface area contributed by atoms with Crippen LogP contribution < -0.4 is 27.3 Å². The Bertz CT molecular complexity index is 3130. The smallest absolute Gasteiger partial charge is 0.238 e. The van der Waals surface area contributed by atoms with Gasteiger partial charge >= 0.3 is 0 Å². The summed E-state index contributed by atoms with van der Waals surface area (Å²) in [7, 11) is 32.2. The van der Waals surface area contributed by atoms with E-state index in [1.165, 1.54) is 0 Å². The minimum Gasteiger partial charge on any atom is -0.456 e. The van der Waals surface area contributed by atoms with E-state index in [2.05, 4.69) is 30.3 Å². The number of para-hydroxylation sites is 1. The monoisotopic (exact) mass is 690 g/mol. The van der Waals surface area contributed by atoms with Crippen molar-refractivity contribution in [3.63, 3.8) is 0 Å². The van der Waals surface area contributed by atoms with Gasteiger partial charge in [-0.05, 0) is 58.7 Å². The third-order valence-electron chi connectivity index (χ3n) is 10.4. The molecule has 0 amide bonds. The van der Waals surface area contributed by atoms with Gasteiger partial charge in [-0.15, -0.1) is 16.4 Å². The van der Waals surface area contributed by atoms with E-state index in [9.17, 15) is 0 Å². The maximum atomic E-state index is 6.63. The van der Waals surface area contributed by atoms with Gasteiger partial charge in [-0.1, -0.05) is 114 Å². The maximum absolute atomic E-state index is 6.63. The molecular weight excluding hydrogens is 667 g/mol. The molecule has 10 radical (unpaired) electrons. The van der Waals surface area contributed by atoms with E-state index in [-0.39, 0.29) is 27.3 Å². The van der Waals surface area contributed by atoms with Gasteiger partial charge in [0.1, 0.15) is 50.4 Å². The molecule has 0 saturated carbocycles. The number of fused-ring (bicyclic) bond motifs is 6. The average Bonchev–Trinajstić information content (AvgIpc) is 3.79. The van der Waals surface area contributed by atoms with Gasteiger partial charge in [-0.25, -0.2) is 4.98 Å². The van der Waals surface area contributed by atoms with Gasteiger partial charge < -0.3 is 4.42 Å². The van der Waals surface area contributed by atoms with Crippen molar-refractivity contribution in [1.82, 2.24) is 19.5 Å². The molecule has 0 spiro atoms. The first-order valence-corrected chi connectivity index (χ1v) is 17.7. The highest BCUT2D eigenvalue weighted by atomic mass is 16.3. The first kappa shape index (κ1) is 33.1. The number of hydrogen-bond acceptors (Lipinski definition) is 4. The van der Waals surface area contributed by atoms with Crippen molar-refractivity contribution >= 4 is 110 Å². The number of benzene rings is 7. The third-order valence-corrected chi connectivity index (χ3v) is 10.4. The molecule has 0 aliphatic rings. The van der Waals surface area contributed by atoms with Gasteiger partial charge in [0.2, 0.25) is 5.95 Å². The fraction of sp³-hybridized carbons (Fsp3) is 0. The number of hydrogen-bond donors (Lipinski definition) is 0. The summed E-state index contributed by atoms with van der Waals surface area (Å²) in [6, 6.07) is 46.4. The number of aromatic nitrogens is 4. The Morgan fingerprint density at radius 3 is 1.76 bits per heavy atom. The summed E-state index contributed by atoms with van der Waals surface area (Å²) in [4.78, 5) is 15.4. The van der Waals surface area contributed by atoms with Crippen LogP contribution in [0.15, 0.2) is 144 Å². The van der Waals surface area contributed by atoms with Crippen LogP contribution in [0, 0.1) is 0 Å². The Labute approximate surface area is 323 Å². The topological polar surface area (TPSA) is 56.7 Å². The molecule has 7 aromatic carbocycles. The predicted molar refractivity (Wildman–Crippen MR) is 230 cm³/mol. The van der Waals surface area contributed by atoms with E-state index >= 15 is 0 Å². The van der Waals surface area contributed by atoms with Crippen molar-refractivity contribution in [1.29, 1.82) is 0 Å². The van der Waals surface area contributed by atoms with E-state index in [4.69, 9.17) is 58.6 Å². The van der Waals surface area contributed by atoms with E-state index in [1.54, 1.807) is 0 Å². The van der Waals surface area contributed by atoms with Gasteiger partial charge in [0.25, 0.3) is 0 Å². The molecule has 5 nitrogen and oxygen atoms in total. The fourth-order valence-corrected chi connectivity index (χ4v) is 7.72. The summed E-state index contributed by atoms with van der Waals surface area (Å²) in [6.45, 7) is 0. The highest BCUT2D eigenvalue weighted by Crippen LogP contribution is 2.40. The zero-order chi connectivity index (χ0) is 37.4. The lowest BCUT2D eigenvalue weighted by Gasteiger charge is -2.22. The van der Waals surface area contributed by atoms with Crippen LogP contribution in [0.25, 0.3) is 94.7 Å². The van der Waals surface area contributed by atoms with Crippen molar-refractivity contribution in [3.05, 3.63) is 140 Å². The Balaban J connectivity index is 1.25. The molecule has 0 unspecified atom stereocenters. The third kappa shape index (κ3) is 5.19. The molecule has 3 heterocycles. The summed E-state index contributed by atoms with van der Waals surface area (Å²) in [5, 5.41) is 3.81. The van der Waals surface area contributed by atoms with Crippen molar-refractivity contribution < 1.29 is 4.42 Å². The average molecular weight is 690 g/mol. The highest BCUT2D eigenvalue weighted by molar-refractivity contribution is 6.69. The fourth-order valence-electron chi connectivity index (χ4n) is 7.72. The Kier molecular flexibility index (Phi) is 7.70. The number of rotatable bonds is 5. The zero-order valence-corrected chi connectivity index (χ0v) is 29.4. The van der Waals surface area contributed by atoms with Gasteiger partial charge in [-0.2, -0.15) is 9.97 Å². The van der Waals surface area contributed by atoms with Crippen molar-refractivity contribution in [2.45, 2.75) is 0 Å². The Hall–Kier alpha value is -6.53. The first-order valence-electron chi connectivity index (χ1n) is 17.7. The molecular formula is C45H23B5N4O. The van der Waals surface area contributed by atoms with Gasteiger partial charge in [0.05, 0.1) is 11.0 Å². The van der Waals surface area contributed by atoms with Gasteiger partial charge in [0.15, 0.2) is 11.6 Å². The number of furan rings is 1. The van der Waals surface area contributed by atoms with Crippen molar-refractivity contribution in [2.24, 2.45) is 0 Å². The molecule has 0 atom stereocenters. The molecule has 55 heavy (non-hydrogen) atoms. The van der Waals surface area contributed by atoms with Crippen molar-refractivity contribution in [3.8, 4) is 51.0 Å². The second-order valence-electron chi connectivity index (χ2n) is 13.5. The van der Waals surface area contributed by atoms with Crippen LogP contribution in [0.1, 0.15) is 0 Å². The summed E-state index contributed by atoms with van der Waals surface area (Å²) in [6.07, 6.45) is 0. The maximum Gasteiger partial charge on any atom is 0.238 e. The van der Waals surface area contributed by atoms with Crippen LogP contribution in [-0.2, 0) is 0 Å². The highest BCUT2D eigenvalue weighted by Gasteiger charge is 2.22. The molecule has 0 fully saturated rings. The molecule has 0 aliphatic carbocycles.